The first-order valence-corrected chi connectivity index (χ1v) is 14.8. The largest absolute Gasteiger partial charge is 0.352 e. The van der Waals surface area contributed by atoms with Gasteiger partial charge in [0.25, 0.3) is 0 Å². The molecule has 0 saturated carbocycles. The highest BCUT2D eigenvalue weighted by Gasteiger charge is 2.34. The summed E-state index contributed by atoms with van der Waals surface area (Å²) < 4.78 is 40.9. The van der Waals surface area contributed by atoms with Gasteiger partial charge >= 0.3 is 0 Å². The fourth-order valence-corrected chi connectivity index (χ4v) is 5.07. The highest BCUT2D eigenvalue weighted by Crippen LogP contribution is 2.23. The van der Waals surface area contributed by atoms with Crippen LogP contribution in [0, 0.1) is 12.7 Å². The van der Waals surface area contributed by atoms with E-state index >= 15 is 0 Å². The number of nitrogens with one attached hydrogen (secondary N) is 1. The van der Waals surface area contributed by atoms with Crippen LogP contribution in [-0.2, 0) is 32.6 Å². The van der Waals surface area contributed by atoms with Crippen molar-refractivity contribution in [2.45, 2.75) is 52.2 Å². The zero-order chi connectivity index (χ0) is 28.6. The molecule has 3 rings (SSSR count). The van der Waals surface area contributed by atoms with E-state index in [1.807, 2.05) is 75.4 Å². The van der Waals surface area contributed by atoms with E-state index < -0.39 is 34.3 Å². The Kier molecular flexibility index (Phi) is 10.2. The average Bonchev–Trinajstić information content (AvgIpc) is 2.90. The van der Waals surface area contributed by atoms with E-state index in [4.69, 9.17) is 0 Å². The summed E-state index contributed by atoms with van der Waals surface area (Å²) in [6, 6.07) is 21.2. The third-order valence-corrected chi connectivity index (χ3v) is 7.80. The Labute approximate surface area is 230 Å². The van der Waals surface area contributed by atoms with Crippen molar-refractivity contribution in [1.29, 1.82) is 0 Å². The van der Waals surface area contributed by atoms with Crippen molar-refractivity contribution >= 4 is 27.5 Å². The summed E-state index contributed by atoms with van der Waals surface area (Å²) in [7, 11) is -4.03. The molecule has 1 N–H and O–H groups in total. The lowest BCUT2D eigenvalue weighted by atomic mass is 10.0. The molecule has 0 bridgehead atoms. The first-order chi connectivity index (χ1) is 18.5. The smallest absolute Gasteiger partial charge is 0.244 e. The van der Waals surface area contributed by atoms with Crippen molar-refractivity contribution in [3.05, 3.63) is 101 Å². The van der Waals surface area contributed by atoms with E-state index in [9.17, 15) is 22.4 Å². The molecule has 0 unspecified atom stereocenters. The third-order valence-electron chi connectivity index (χ3n) is 6.67. The van der Waals surface area contributed by atoms with E-state index in [1.165, 1.54) is 23.1 Å². The second-order valence-electron chi connectivity index (χ2n) is 9.69. The molecule has 0 heterocycles. The molecule has 3 aromatic carbocycles. The lowest BCUT2D eigenvalue weighted by Gasteiger charge is -2.34. The van der Waals surface area contributed by atoms with Crippen LogP contribution in [0.1, 0.15) is 37.0 Å². The molecule has 208 valence electrons. The number of aryl methyl sites for hydroxylation is 1. The van der Waals surface area contributed by atoms with Gasteiger partial charge in [0.1, 0.15) is 18.4 Å². The Morgan fingerprint density at radius 2 is 1.56 bits per heavy atom. The molecular weight excluding hydrogens is 517 g/mol. The maximum Gasteiger partial charge on any atom is 0.244 e. The van der Waals surface area contributed by atoms with Gasteiger partial charge in [0.05, 0.1) is 11.9 Å². The second kappa shape index (κ2) is 13.4. The third kappa shape index (κ3) is 8.13. The number of benzene rings is 3. The molecule has 39 heavy (non-hydrogen) atoms. The number of carbonyl (C=O) groups excluding carboxylic acids is 2. The van der Waals surface area contributed by atoms with Crippen LogP contribution >= 0.6 is 0 Å². The van der Waals surface area contributed by atoms with Gasteiger partial charge in [0.15, 0.2) is 0 Å². The summed E-state index contributed by atoms with van der Waals surface area (Å²) in [4.78, 5) is 29.1. The Balaban J connectivity index is 2.08. The zero-order valence-corrected chi connectivity index (χ0v) is 23.6. The Morgan fingerprint density at radius 1 is 0.949 bits per heavy atom. The van der Waals surface area contributed by atoms with Crippen LogP contribution in [0.15, 0.2) is 78.9 Å². The van der Waals surface area contributed by atoms with Crippen molar-refractivity contribution in [3.63, 3.8) is 0 Å². The number of anilines is 1. The molecule has 2 atom stereocenters. The van der Waals surface area contributed by atoms with Crippen LogP contribution in [0.5, 0.6) is 0 Å². The summed E-state index contributed by atoms with van der Waals surface area (Å²) in [6.45, 7) is 5.16. The number of hydrogen-bond donors (Lipinski definition) is 1. The van der Waals surface area contributed by atoms with Crippen molar-refractivity contribution in [1.82, 2.24) is 10.2 Å². The van der Waals surface area contributed by atoms with Gasteiger partial charge in [-0.3, -0.25) is 13.9 Å². The number of para-hydroxylation sites is 1. The summed E-state index contributed by atoms with van der Waals surface area (Å²) in [5.41, 5.74) is 2.36. The van der Waals surface area contributed by atoms with Crippen LogP contribution in [0.4, 0.5) is 10.1 Å². The Hall–Kier alpha value is -3.72. The fourth-order valence-electron chi connectivity index (χ4n) is 4.21. The molecule has 0 fully saturated rings. The van der Waals surface area contributed by atoms with E-state index in [0.29, 0.717) is 6.42 Å². The van der Waals surface area contributed by atoms with E-state index in [1.54, 1.807) is 0 Å². The van der Waals surface area contributed by atoms with Crippen LogP contribution < -0.4 is 9.62 Å². The van der Waals surface area contributed by atoms with Crippen molar-refractivity contribution in [2.75, 3.05) is 17.1 Å². The lowest BCUT2D eigenvalue weighted by molar-refractivity contribution is -0.140. The van der Waals surface area contributed by atoms with Gasteiger partial charge in [0, 0.05) is 19.0 Å². The minimum Gasteiger partial charge on any atom is -0.352 e. The molecule has 7 nitrogen and oxygen atoms in total. The topological polar surface area (TPSA) is 86.8 Å². The standard InChI is InChI=1S/C30H36FN3O4S/c1-5-23(3)32-30(36)28(19-24-14-7-6-8-15-24)33(20-25-16-10-9-13-22(25)2)29(35)21-34(39(4,37)38)27-18-12-11-17-26(27)31/h6-18,23,28H,5,19-21H2,1-4H3,(H,32,36)/t23-,28+/m0/s1. The highest BCUT2D eigenvalue weighted by atomic mass is 32.2. The number of hydrogen-bond acceptors (Lipinski definition) is 4. The molecule has 0 saturated heterocycles. The zero-order valence-electron chi connectivity index (χ0n) is 22.8. The molecule has 0 radical (unpaired) electrons. The molecule has 0 spiro atoms. The summed E-state index contributed by atoms with van der Waals surface area (Å²) in [6.07, 6.45) is 1.85. The average molecular weight is 554 g/mol. The Bertz CT molecular complexity index is 1380. The molecule has 2 amide bonds. The fraction of sp³-hybridized carbons (Fsp3) is 0.333. The summed E-state index contributed by atoms with van der Waals surface area (Å²) >= 11 is 0. The van der Waals surface area contributed by atoms with Crippen LogP contribution in [0.2, 0.25) is 0 Å². The van der Waals surface area contributed by atoms with Gasteiger partial charge in [-0.05, 0) is 49.1 Å². The number of rotatable bonds is 12. The normalized spacial score (nSPS) is 12.8. The molecule has 0 aromatic heterocycles. The summed E-state index contributed by atoms with van der Waals surface area (Å²) in [5.74, 6) is -1.73. The number of halogens is 1. The first-order valence-electron chi connectivity index (χ1n) is 12.9. The van der Waals surface area contributed by atoms with Gasteiger partial charge in [-0.25, -0.2) is 12.8 Å². The minimum absolute atomic E-state index is 0.0752. The monoisotopic (exact) mass is 553 g/mol. The highest BCUT2D eigenvalue weighted by molar-refractivity contribution is 7.92. The molecular formula is C30H36FN3O4S. The second-order valence-corrected chi connectivity index (χ2v) is 11.6. The SMILES string of the molecule is CC[C@H](C)NC(=O)[C@@H](Cc1ccccc1)N(Cc1ccccc1C)C(=O)CN(c1ccccc1F)S(C)(=O)=O. The number of sulfonamides is 1. The molecule has 9 heteroatoms. The van der Waals surface area contributed by atoms with Gasteiger partial charge in [-0.2, -0.15) is 0 Å². The van der Waals surface area contributed by atoms with Gasteiger partial charge in [-0.15, -0.1) is 0 Å². The van der Waals surface area contributed by atoms with Crippen molar-refractivity contribution in [3.8, 4) is 0 Å². The van der Waals surface area contributed by atoms with Crippen LogP contribution in [0.25, 0.3) is 0 Å². The summed E-state index contributed by atoms with van der Waals surface area (Å²) in [5, 5.41) is 2.99. The number of carbonyl (C=O) groups is 2. The lowest BCUT2D eigenvalue weighted by Crippen LogP contribution is -2.54. The maximum absolute atomic E-state index is 14.7. The number of nitrogens with zero attached hydrogens (tertiary/aromatic N) is 2. The van der Waals surface area contributed by atoms with E-state index in [0.717, 1.165) is 33.3 Å². The van der Waals surface area contributed by atoms with Crippen LogP contribution in [0.3, 0.4) is 0 Å². The van der Waals surface area contributed by atoms with E-state index in [2.05, 4.69) is 5.32 Å². The Morgan fingerprint density at radius 3 is 2.18 bits per heavy atom. The van der Waals surface area contributed by atoms with E-state index in [-0.39, 0.29) is 30.6 Å². The van der Waals surface area contributed by atoms with Gasteiger partial charge < -0.3 is 10.2 Å². The number of amides is 2. The van der Waals surface area contributed by atoms with Gasteiger partial charge in [-0.1, -0.05) is 73.7 Å². The minimum atomic E-state index is -4.03. The first kappa shape index (κ1) is 29.8. The molecule has 0 aliphatic heterocycles. The van der Waals surface area contributed by atoms with Crippen molar-refractivity contribution < 1.29 is 22.4 Å². The predicted molar refractivity (Wildman–Crippen MR) is 152 cm³/mol. The maximum atomic E-state index is 14.7. The van der Waals surface area contributed by atoms with Crippen molar-refractivity contribution in [2.24, 2.45) is 0 Å². The quantitative estimate of drug-likeness (QED) is 0.359. The molecule has 0 aliphatic carbocycles. The molecule has 0 aliphatic rings. The predicted octanol–water partition coefficient (Wildman–Crippen LogP) is 4.45. The molecule has 3 aromatic rings. The van der Waals surface area contributed by atoms with Crippen LogP contribution in [-0.4, -0.2) is 50.0 Å². The van der Waals surface area contributed by atoms with Gasteiger partial charge in [0.2, 0.25) is 21.8 Å².